The van der Waals surface area contributed by atoms with Crippen molar-refractivity contribution in [2.45, 2.75) is 44.0 Å². The molecule has 0 radical (unpaired) electrons. The van der Waals surface area contributed by atoms with E-state index >= 15 is 0 Å². The first kappa shape index (κ1) is 29.3. The molecule has 0 aliphatic carbocycles. The maximum absolute atomic E-state index is 13.7. The number of hydrogen-bond donors (Lipinski definition) is 0. The van der Waals surface area contributed by atoms with Crippen LogP contribution in [0.5, 0.6) is 0 Å². The smallest absolute Gasteiger partial charge is 0.352 e. The number of amides is 1. The molecule has 2 saturated heterocycles. The number of likely N-dealkylation sites (N-methyl/N-ethyl adjacent to an activating group) is 1. The topological polar surface area (TPSA) is 42.0 Å². The summed E-state index contributed by atoms with van der Waals surface area (Å²) in [7, 11) is 1.84. The molecule has 4 atom stereocenters. The van der Waals surface area contributed by atoms with E-state index in [1.54, 1.807) is 17.0 Å². The quantitative estimate of drug-likeness (QED) is 0.414. The molecule has 2 heterocycles. The number of carbonyl (C=O) groups excluding carboxylic acids is 1. The first-order valence-electron chi connectivity index (χ1n) is 12.5. The molecule has 5 nitrogen and oxygen atoms in total. The molecule has 39 heavy (non-hydrogen) atoms. The minimum atomic E-state index is -4.99. The van der Waals surface area contributed by atoms with Gasteiger partial charge in [0, 0.05) is 25.6 Å². The number of piperazine rings is 1. The second-order valence-corrected chi connectivity index (χ2v) is 10.1. The van der Waals surface area contributed by atoms with Crippen molar-refractivity contribution in [1.82, 2.24) is 9.80 Å². The van der Waals surface area contributed by atoms with Crippen molar-refractivity contribution in [2.24, 2.45) is 5.92 Å². The van der Waals surface area contributed by atoms with Crippen LogP contribution in [0.1, 0.15) is 47.6 Å². The van der Waals surface area contributed by atoms with Crippen LogP contribution >= 0.6 is 0 Å². The van der Waals surface area contributed by atoms with Crippen molar-refractivity contribution < 1.29 is 45.0 Å². The fraction of sp³-hybridized carbons (Fsp3) is 0.519. The summed E-state index contributed by atoms with van der Waals surface area (Å²) in [6.45, 7) is 3.37. The summed E-state index contributed by atoms with van der Waals surface area (Å²) in [6, 6.07) is 6.93. The van der Waals surface area contributed by atoms with Crippen LogP contribution in [0.25, 0.3) is 0 Å². The third-order valence-electron chi connectivity index (χ3n) is 7.21. The molecule has 0 bridgehead atoms. The average molecular weight is 563 g/mol. The summed E-state index contributed by atoms with van der Waals surface area (Å²) in [6.07, 6.45) is -11.7. The SMILES string of the molecule is C[C@@H](O[C@H]1OCC[C@@H](CN2CCN(C)CC2=O)[C@@H]1c1ccc(F)cc1)c1cc(C(F)(F)F)cc(C(F)(F)F)c1. The van der Waals surface area contributed by atoms with E-state index in [9.17, 15) is 35.5 Å². The highest BCUT2D eigenvalue weighted by molar-refractivity contribution is 5.79. The summed E-state index contributed by atoms with van der Waals surface area (Å²) < 4.78 is 106. The molecule has 0 N–H and O–H groups in total. The fourth-order valence-electron chi connectivity index (χ4n) is 5.08. The number of rotatable bonds is 6. The number of alkyl halides is 6. The van der Waals surface area contributed by atoms with Gasteiger partial charge in [0.15, 0.2) is 6.29 Å². The van der Waals surface area contributed by atoms with Crippen LogP contribution in [-0.2, 0) is 26.6 Å². The van der Waals surface area contributed by atoms with E-state index in [1.807, 2.05) is 11.9 Å². The summed E-state index contributed by atoms with van der Waals surface area (Å²) in [5, 5.41) is 0. The minimum absolute atomic E-state index is 0.0532. The molecule has 214 valence electrons. The van der Waals surface area contributed by atoms with E-state index in [1.165, 1.54) is 19.1 Å². The van der Waals surface area contributed by atoms with Gasteiger partial charge in [-0.05, 0) is 67.8 Å². The van der Waals surface area contributed by atoms with Crippen molar-refractivity contribution in [1.29, 1.82) is 0 Å². The highest BCUT2D eigenvalue weighted by Crippen LogP contribution is 2.41. The van der Waals surface area contributed by atoms with Crippen molar-refractivity contribution in [3.05, 3.63) is 70.5 Å². The van der Waals surface area contributed by atoms with E-state index in [0.29, 0.717) is 43.8 Å². The van der Waals surface area contributed by atoms with E-state index in [0.717, 1.165) is 0 Å². The van der Waals surface area contributed by atoms with Gasteiger partial charge in [-0.15, -0.1) is 0 Å². The Hall–Kier alpha value is -2.70. The zero-order valence-corrected chi connectivity index (χ0v) is 21.4. The maximum Gasteiger partial charge on any atom is 0.416 e. The molecule has 2 aromatic carbocycles. The number of ether oxygens (including phenoxy) is 2. The standard InChI is InChI=1S/C27H29F7N2O3/c1-16(19-11-20(26(29,30)31)13-21(12-19)27(32,33)34)39-25-24(17-3-5-22(28)6-4-17)18(7-10-38-25)14-36-9-8-35(2)15-23(36)37/h3-6,11-13,16,18,24-25H,7-10,14-15H2,1-2H3/t16-,18+,24+,25-/m1/s1. The van der Waals surface area contributed by atoms with E-state index in [2.05, 4.69) is 0 Å². The molecule has 2 aliphatic heterocycles. The lowest BCUT2D eigenvalue weighted by Gasteiger charge is -2.42. The second-order valence-electron chi connectivity index (χ2n) is 10.1. The monoisotopic (exact) mass is 562 g/mol. The zero-order chi connectivity index (χ0) is 28.5. The molecule has 2 aromatic rings. The molecule has 12 heteroatoms. The number of benzene rings is 2. The third kappa shape index (κ3) is 7.09. The van der Waals surface area contributed by atoms with Crippen LogP contribution in [0, 0.1) is 11.7 Å². The molecule has 4 rings (SSSR count). The summed E-state index contributed by atoms with van der Waals surface area (Å²) in [5.41, 5.74) is -2.56. The van der Waals surface area contributed by atoms with Crippen molar-refractivity contribution in [3.8, 4) is 0 Å². The molecule has 0 aromatic heterocycles. The Morgan fingerprint density at radius 3 is 2.18 bits per heavy atom. The normalized spacial score (nSPS) is 24.2. The van der Waals surface area contributed by atoms with Gasteiger partial charge >= 0.3 is 12.4 Å². The second kappa shape index (κ2) is 11.4. The fourth-order valence-corrected chi connectivity index (χ4v) is 5.08. The number of carbonyl (C=O) groups is 1. The van der Waals surface area contributed by atoms with Gasteiger partial charge in [-0.1, -0.05) is 12.1 Å². The van der Waals surface area contributed by atoms with E-state index < -0.39 is 47.6 Å². The van der Waals surface area contributed by atoms with Crippen LogP contribution in [-0.4, -0.2) is 61.8 Å². The zero-order valence-electron chi connectivity index (χ0n) is 21.4. The lowest BCUT2D eigenvalue weighted by Crippen LogP contribution is -2.52. The van der Waals surface area contributed by atoms with Gasteiger partial charge in [-0.25, -0.2) is 4.39 Å². The van der Waals surface area contributed by atoms with Gasteiger partial charge in [-0.3, -0.25) is 9.69 Å². The predicted molar refractivity (Wildman–Crippen MR) is 127 cm³/mol. The maximum atomic E-state index is 13.7. The third-order valence-corrected chi connectivity index (χ3v) is 7.21. The summed E-state index contributed by atoms with van der Waals surface area (Å²) in [4.78, 5) is 16.3. The van der Waals surface area contributed by atoms with Crippen molar-refractivity contribution in [3.63, 3.8) is 0 Å². The Balaban J connectivity index is 1.63. The lowest BCUT2D eigenvalue weighted by molar-refractivity contribution is -0.211. The van der Waals surface area contributed by atoms with Gasteiger partial charge in [0.1, 0.15) is 5.82 Å². The molecular formula is C27H29F7N2O3. The summed E-state index contributed by atoms with van der Waals surface area (Å²) in [5.74, 6) is -1.29. The van der Waals surface area contributed by atoms with E-state index in [4.69, 9.17) is 9.47 Å². The van der Waals surface area contributed by atoms with Crippen LogP contribution in [0.15, 0.2) is 42.5 Å². The minimum Gasteiger partial charge on any atom is -0.352 e. The molecular weight excluding hydrogens is 533 g/mol. The highest BCUT2D eigenvalue weighted by atomic mass is 19.4. The van der Waals surface area contributed by atoms with Crippen LogP contribution < -0.4 is 0 Å². The Kier molecular flexibility index (Phi) is 8.58. The molecule has 0 unspecified atom stereocenters. The van der Waals surface area contributed by atoms with Gasteiger partial charge < -0.3 is 14.4 Å². The lowest BCUT2D eigenvalue weighted by atomic mass is 9.81. The summed E-state index contributed by atoms with van der Waals surface area (Å²) >= 11 is 0. The van der Waals surface area contributed by atoms with Crippen LogP contribution in [0.4, 0.5) is 30.7 Å². The molecule has 1 amide bonds. The Labute approximate surface area is 221 Å². The average Bonchev–Trinajstić information content (AvgIpc) is 2.85. The largest absolute Gasteiger partial charge is 0.416 e. The Morgan fingerprint density at radius 2 is 1.62 bits per heavy atom. The van der Waals surface area contributed by atoms with Crippen molar-refractivity contribution in [2.75, 3.05) is 39.8 Å². The van der Waals surface area contributed by atoms with Gasteiger partial charge in [-0.2, -0.15) is 26.3 Å². The molecule has 0 saturated carbocycles. The Morgan fingerprint density at radius 1 is 1.00 bits per heavy atom. The predicted octanol–water partition coefficient (Wildman–Crippen LogP) is 5.86. The number of halogens is 7. The first-order chi connectivity index (χ1) is 18.2. The first-order valence-corrected chi connectivity index (χ1v) is 12.5. The molecule has 2 fully saturated rings. The van der Waals surface area contributed by atoms with Gasteiger partial charge in [0.2, 0.25) is 5.91 Å². The molecule has 2 aliphatic rings. The molecule has 0 spiro atoms. The number of nitrogens with zero attached hydrogens (tertiary/aromatic N) is 2. The van der Waals surface area contributed by atoms with Crippen molar-refractivity contribution >= 4 is 5.91 Å². The number of hydrogen-bond acceptors (Lipinski definition) is 4. The van der Waals surface area contributed by atoms with Gasteiger partial charge in [0.25, 0.3) is 0 Å². The van der Waals surface area contributed by atoms with E-state index in [-0.39, 0.29) is 36.6 Å². The van der Waals surface area contributed by atoms with Gasteiger partial charge in [0.05, 0.1) is 30.4 Å². The highest BCUT2D eigenvalue weighted by Gasteiger charge is 2.41. The van der Waals surface area contributed by atoms with Crippen LogP contribution in [0.3, 0.4) is 0 Å². The van der Waals surface area contributed by atoms with Crippen LogP contribution in [0.2, 0.25) is 0 Å². The Bertz CT molecular complexity index is 1120.